The van der Waals surface area contributed by atoms with Gasteiger partial charge in [0.15, 0.2) is 0 Å². The lowest BCUT2D eigenvalue weighted by atomic mass is 10.4. The van der Waals surface area contributed by atoms with Crippen LogP contribution in [0, 0.1) is 5.41 Å². The molecule has 13 heavy (non-hydrogen) atoms. The molecule has 0 spiro atoms. The van der Waals surface area contributed by atoms with Gasteiger partial charge >= 0.3 is 10.5 Å². The van der Waals surface area contributed by atoms with E-state index >= 15 is 0 Å². The molecule has 1 aromatic carbocycles. The Morgan fingerprint density at radius 1 is 1.08 bits per heavy atom. The summed E-state index contributed by atoms with van der Waals surface area (Å²) in [5.74, 6) is -0.701. The molecule has 0 aliphatic rings. The van der Waals surface area contributed by atoms with Gasteiger partial charge in [-0.25, -0.2) is 0 Å². The number of nitrogens with zero attached hydrogens (tertiary/aromatic N) is 1. The zero-order valence-corrected chi connectivity index (χ0v) is 7.53. The highest BCUT2D eigenvalue weighted by Crippen LogP contribution is 1.79. The first kappa shape index (κ1) is 11.3. The number of benzene rings is 1. The van der Waals surface area contributed by atoms with Crippen LogP contribution in [0.5, 0.6) is 0 Å². The Kier molecular flexibility index (Phi) is 6.08. The van der Waals surface area contributed by atoms with E-state index in [0.29, 0.717) is 0 Å². The molecule has 0 atom stereocenters. The smallest absolute Gasteiger partial charge is 0.319 e. The summed E-state index contributed by atoms with van der Waals surface area (Å²) in [5.41, 5.74) is 4.52. The van der Waals surface area contributed by atoms with Crippen molar-refractivity contribution < 1.29 is 8.42 Å². The van der Waals surface area contributed by atoms with Gasteiger partial charge in [-0.15, -0.1) is 0 Å². The summed E-state index contributed by atoms with van der Waals surface area (Å²) in [7, 11) is -2.57. The summed E-state index contributed by atoms with van der Waals surface area (Å²) in [6, 6.07) is 12.0. The molecule has 1 aromatic rings. The summed E-state index contributed by atoms with van der Waals surface area (Å²) in [6.07, 6.45) is 0. The van der Waals surface area contributed by atoms with E-state index in [1.165, 1.54) is 0 Å². The molecule has 0 saturated carbocycles. The minimum absolute atomic E-state index is 0.701. The summed E-state index contributed by atoms with van der Waals surface area (Å²) in [5, 5.41) is 6.24. The number of hydrogen-bond donors (Lipinski definition) is 2. The van der Waals surface area contributed by atoms with E-state index < -0.39 is 16.5 Å². The summed E-state index contributed by atoms with van der Waals surface area (Å²) in [4.78, 5) is 0. The number of guanidine groups is 1. The average molecular weight is 199 g/mol. The molecule has 3 N–H and O–H groups in total. The highest BCUT2D eigenvalue weighted by molar-refractivity contribution is 7.62. The van der Waals surface area contributed by atoms with Crippen molar-refractivity contribution in [2.24, 2.45) is 10.1 Å². The van der Waals surface area contributed by atoms with Gasteiger partial charge in [0.1, 0.15) is 0 Å². The highest BCUT2D eigenvalue weighted by Gasteiger charge is 1.74. The summed E-state index contributed by atoms with van der Waals surface area (Å²) in [6.45, 7) is 0. The molecule has 0 bridgehead atoms. The van der Waals surface area contributed by atoms with Gasteiger partial charge in [-0.3, -0.25) is 5.41 Å². The van der Waals surface area contributed by atoms with Crippen LogP contribution in [-0.2, 0) is 10.5 Å². The molecule has 0 amide bonds. The van der Waals surface area contributed by atoms with Gasteiger partial charge in [-0.2, -0.15) is 8.42 Å². The first-order chi connectivity index (χ1) is 6.13. The van der Waals surface area contributed by atoms with Crippen LogP contribution in [0.2, 0.25) is 0 Å². The summed E-state index contributed by atoms with van der Waals surface area (Å²) >= 11 is 0. The Morgan fingerprint density at radius 3 is 1.46 bits per heavy atom. The third kappa shape index (κ3) is 10.3. The monoisotopic (exact) mass is 199 g/mol. The van der Waals surface area contributed by atoms with Crippen LogP contribution >= 0.6 is 0 Å². The van der Waals surface area contributed by atoms with Crippen LogP contribution in [0.15, 0.2) is 40.8 Å². The van der Waals surface area contributed by atoms with Gasteiger partial charge in [0.25, 0.3) is 0 Å². The van der Waals surface area contributed by atoms with Gasteiger partial charge in [0.05, 0.1) is 0 Å². The van der Waals surface area contributed by atoms with E-state index in [2.05, 4.69) is 10.1 Å². The zero-order valence-electron chi connectivity index (χ0n) is 6.71. The fraction of sp³-hybridized carbons (Fsp3) is 0. The van der Waals surface area contributed by atoms with Crippen LogP contribution in [0.3, 0.4) is 0 Å². The van der Waals surface area contributed by atoms with Crippen molar-refractivity contribution in [2.75, 3.05) is 0 Å². The van der Waals surface area contributed by atoms with Gasteiger partial charge in [0, 0.05) is 0 Å². The molecule has 0 aliphatic carbocycles. The van der Waals surface area contributed by atoms with Crippen LogP contribution in [-0.4, -0.2) is 14.4 Å². The molecule has 1 rings (SSSR count). The van der Waals surface area contributed by atoms with Crippen molar-refractivity contribution in [2.45, 2.75) is 0 Å². The lowest BCUT2D eigenvalue weighted by molar-refractivity contribution is 0.623. The standard InChI is InChI=1S/C6H6.CH3N3O2S/c1-2-4-6-5-3-1;2-1(3)4-7(5)6/h1-6H;(H3,2,3). The topological polar surface area (TPSA) is 96.4 Å². The van der Waals surface area contributed by atoms with E-state index in [0.717, 1.165) is 0 Å². The van der Waals surface area contributed by atoms with Crippen molar-refractivity contribution in [1.82, 2.24) is 0 Å². The Balaban J connectivity index is 0.000000223. The maximum atomic E-state index is 9.42. The Morgan fingerprint density at radius 2 is 1.38 bits per heavy atom. The molecule has 0 fully saturated rings. The van der Waals surface area contributed by atoms with Crippen molar-refractivity contribution in [3.8, 4) is 0 Å². The van der Waals surface area contributed by atoms with E-state index in [-0.39, 0.29) is 0 Å². The molecule has 0 radical (unpaired) electrons. The molecule has 0 heterocycles. The SMILES string of the molecule is N=C(N)N=S(=O)=O.c1ccccc1. The van der Waals surface area contributed by atoms with Crippen LogP contribution in [0.1, 0.15) is 0 Å². The van der Waals surface area contributed by atoms with Gasteiger partial charge in [-0.1, -0.05) is 40.8 Å². The zero-order chi connectivity index (χ0) is 10.1. The molecule has 0 saturated heterocycles. The molecule has 5 nitrogen and oxygen atoms in total. The van der Waals surface area contributed by atoms with Gasteiger partial charge in [-0.05, 0) is 0 Å². The first-order valence-corrected chi connectivity index (χ1v) is 4.31. The Hall–Kier alpha value is -1.69. The fourth-order valence-electron chi connectivity index (χ4n) is 0.465. The van der Waals surface area contributed by atoms with Crippen LogP contribution in [0.4, 0.5) is 0 Å². The van der Waals surface area contributed by atoms with Gasteiger partial charge in [0.2, 0.25) is 5.96 Å². The Bertz CT molecular complexity index is 337. The van der Waals surface area contributed by atoms with Crippen molar-refractivity contribution in [1.29, 1.82) is 5.41 Å². The predicted octanol–water partition coefficient (Wildman–Crippen LogP) is 0.629. The molecular formula is C7H9N3O2S. The van der Waals surface area contributed by atoms with Crippen LogP contribution in [0.25, 0.3) is 0 Å². The quantitative estimate of drug-likeness (QED) is 0.473. The molecule has 0 aromatic heterocycles. The molecular weight excluding hydrogens is 190 g/mol. The molecule has 0 aliphatic heterocycles. The van der Waals surface area contributed by atoms with Crippen molar-refractivity contribution in [3.63, 3.8) is 0 Å². The first-order valence-electron chi connectivity index (χ1n) is 3.28. The maximum Gasteiger partial charge on any atom is 0.319 e. The number of nitrogens with two attached hydrogens (primary N) is 1. The lowest BCUT2D eigenvalue weighted by Crippen LogP contribution is -2.03. The highest BCUT2D eigenvalue weighted by atomic mass is 32.2. The van der Waals surface area contributed by atoms with Gasteiger partial charge < -0.3 is 5.73 Å². The second kappa shape index (κ2) is 6.99. The predicted molar refractivity (Wildman–Crippen MR) is 49.7 cm³/mol. The average Bonchev–Trinajstić information content (AvgIpc) is 2.06. The van der Waals surface area contributed by atoms with E-state index in [9.17, 15) is 8.42 Å². The third-order valence-electron chi connectivity index (χ3n) is 0.840. The Labute approximate surface area is 77.4 Å². The molecule has 6 heteroatoms. The van der Waals surface area contributed by atoms with Crippen molar-refractivity contribution >= 4 is 16.5 Å². The van der Waals surface area contributed by atoms with E-state index in [1.807, 2.05) is 36.4 Å². The maximum absolute atomic E-state index is 9.42. The third-order valence-corrected chi connectivity index (χ3v) is 1.19. The lowest BCUT2D eigenvalue weighted by Gasteiger charge is -1.69. The molecule has 70 valence electrons. The number of rotatable bonds is 0. The number of nitrogens with one attached hydrogen (secondary N) is 1. The molecule has 0 unspecified atom stereocenters. The normalized spacial score (nSPS) is 7.69. The largest absolute Gasteiger partial charge is 0.367 e. The van der Waals surface area contributed by atoms with Crippen molar-refractivity contribution in [3.05, 3.63) is 36.4 Å². The number of hydrogen-bond acceptors (Lipinski definition) is 3. The van der Waals surface area contributed by atoms with Crippen LogP contribution < -0.4 is 5.73 Å². The van der Waals surface area contributed by atoms with E-state index in [4.69, 9.17) is 5.41 Å². The summed E-state index contributed by atoms with van der Waals surface area (Å²) < 4.78 is 21.4. The fourth-order valence-corrected chi connectivity index (χ4v) is 0.626. The second-order valence-corrected chi connectivity index (χ2v) is 2.47. The minimum Gasteiger partial charge on any atom is -0.367 e. The second-order valence-electron chi connectivity index (χ2n) is 1.85. The van der Waals surface area contributed by atoms with E-state index in [1.54, 1.807) is 0 Å². The minimum atomic E-state index is -2.57.